The second-order valence-corrected chi connectivity index (χ2v) is 6.83. The molecule has 0 amide bonds. The van der Waals surface area contributed by atoms with Crippen molar-refractivity contribution in [3.63, 3.8) is 0 Å². The Labute approximate surface area is 165 Å². The summed E-state index contributed by atoms with van der Waals surface area (Å²) in [7, 11) is 3.06. The lowest BCUT2D eigenvalue weighted by Gasteiger charge is -2.20. The van der Waals surface area contributed by atoms with Gasteiger partial charge in [-0.05, 0) is 61.4 Å². The summed E-state index contributed by atoms with van der Waals surface area (Å²) in [5.41, 5.74) is 3.37. The van der Waals surface area contributed by atoms with Gasteiger partial charge in [0.15, 0.2) is 11.5 Å². The van der Waals surface area contributed by atoms with E-state index in [0.29, 0.717) is 29.2 Å². The molecule has 0 saturated carbocycles. The molecule has 0 heterocycles. The molecule has 1 aliphatic carbocycles. The van der Waals surface area contributed by atoms with Crippen LogP contribution in [0, 0.1) is 0 Å². The molecule has 0 aliphatic heterocycles. The number of ether oxygens (including phenoxy) is 3. The molecule has 0 atom stereocenters. The van der Waals surface area contributed by atoms with Crippen molar-refractivity contribution in [1.82, 2.24) is 0 Å². The maximum Gasteiger partial charge on any atom is 0.308 e. The van der Waals surface area contributed by atoms with E-state index in [1.807, 2.05) is 18.2 Å². The summed E-state index contributed by atoms with van der Waals surface area (Å²) in [6.45, 7) is 1.37. The van der Waals surface area contributed by atoms with Crippen molar-refractivity contribution in [2.75, 3.05) is 14.2 Å². The predicted octanol–water partition coefficient (Wildman–Crippen LogP) is 4.83. The molecular weight excluding hydrogens is 356 g/mol. The van der Waals surface area contributed by atoms with Gasteiger partial charge in [-0.1, -0.05) is 18.2 Å². The summed E-state index contributed by atoms with van der Waals surface area (Å²) in [6, 6.07) is 7.55. The Morgan fingerprint density at radius 2 is 1.68 bits per heavy atom. The number of benzene rings is 2. The Bertz CT molecular complexity index is 898. The number of methoxy groups -OCH3 is 2. The first-order valence-electron chi connectivity index (χ1n) is 9.48. The lowest BCUT2D eigenvalue weighted by atomic mass is 9.95. The Morgan fingerprint density at radius 3 is 2.39 bits per heavy atom. The van der Waals surface area contributed by atoms with Gasteiger partial charge in [0, 0.05) is 18.1 Å². The fourth-order valence-electron chi connectivity index (χ4n) is 3.56. The maximum atomic E-state index is 11.7. The summed E-state index contributed by atoms with van der Waals surface area (Å²) >= 11 is 0. The summed E-state index contributed by atoms with van der Waals surface area (Å²) in [6.07, 6.45) is 8.76. The molecule has 2 aromatic carbocycles. The number of rotatable bonds is 3. The largest absolute Gasteiger partial charge is 0.507 e. The molecule has 2 aromatic rings. The average Bonchev–Trinajstić information content (AvgIpc) is 2.68. The molecule has 28 heavy (non-hydrogen) atoms. The topological polar surface area (TPSA) is 65.0 Å². The number of hydrogen-bond acceptors (Lipinski definition) is 5. The minimum atomic E-state index is -0.419. The van der Waals surface area contributed by atoms with Crippen LogP contribution in [-0.4, -0.2) is 25.3 Å². The highest BCUT2D eigenvalue weighted by Gasteiger charge is 2.24. The molecule has 0 aromatic heterocycles. The van der Waals surface area contributed by atoms with Crippen molar-refractivity contribution in [1.29, 1.82) is 0 Å². The molecule has 0 fully saturated rings. The van der Waals surface area contributed by atoms with E-state index in [0.717, 1.165) is 42.4 Å². The number of aromatic hydroxyl groups is 1. The van der Waals surface area contributed by atoms with Gasteiger partial charge in [0.1, 0.15) is 5.75 Å². The van der Waals surface area contributed by atoms with E-state index in [1.54, 1.807) is 6.07 Å². The van der Waals surface area contributed by atoms with E-state index < -0.39 is 5.97 Å². The smallest absolute Gasteiger partial charge is 0.308 e. The summed E-state index contributed by atoms with van der Waals surface area (Å²) in [4.78, 5) is 11.7. The second-order valence-electron chi connectivity index (χ2n) is 6.83. The minimum absolute atomic E-state index is 0.167. The quantitative estimate of drug-likeness (QED) is 0.468. The van der Waals surface area contributed by atoms with Gasteiger partial charge in [0.25, 0.3) is 0 Å². The van der Waals surface area contributed by atoms with Crippen LogP contribution in [-0.2, 0) is 17.6 Å². The molecule has 1 aliphatic rings. The zero-order chi connectivity index (χ0) is 20.1. The van der Waals surface area contributed by atoms with E-state index in [-0.39, 0.29) is 5.75 Å². The molecule has 5 nitrogen and oxygen atoms in total. The molecule has 4 bridgehead atoms. The van der Waals surface area contributed by atoms with Gasteiger partial charge in [-0.3, -0.25) is 4.79 Å². The SMILES string of the molecule is COc1c2cc(c(OC(C)=O)c1OC)CCC/C=C/CCc1ccc(O)c-2c1. The van der Waals surface area contributed by atoms with Crippen molar-refractivity contribution >= 4 is 5.97 Å². The zero-order valence-corrected chi connectivity index (χ0v) is 16.6. The Kier molecular flexibility index (Phi) is 6.24. The number of carbonyl (C=O) groups excluding carboxylic acids is 1. The number of hydrogen-bond donors (Lipinski definition) is 1. The van der Waals surface area contributed by atoms with Crippen molar-refractivity contribution in [2.24, 2.45) is 0 Å². The Hall–Kier alpha value is -2.95. The lowest BCUT2D eigenvalue weighted by Crippen LogP contribution is -2.08. The zero-order valence-electron chi connectivity index (χ0n) is 16.6. The molecule has 0 radical (unpaired) electrons. The van der Waals surface area contributed by atoms with Crippen LogP contribution < -0.4 is 14.2 Å². The third kappa shape index (κ3) is 4.14. The lowest BCUT2D eigenvalue weighted by molar-refractivity contribution is -0.132. The van der Waals surface area contributed by atoms with Crippen LogP contribution in [0.1, 0.15) is 37.3 Å². The van der Waals surface area contributed by atoms with E-state index in [9.17, 15) is 9.90 Å². The highest BCUT2D eigenvalue weighted by Crippen LogP contribution is 2.49. The molecular formula is C23H26O5. The van der Waals surface area contributed by atoms with Crippen LogP contribution in [0.2, 0.25) is 0 Å². The van der Waals surface area contributed by atoms with Crippen LogP contribution in [0.5, 0.6) is 23.0 Å². The molecule has 5 heteroatoms. The van der Waals surface area contributed by atoms with Crippen LogP contribution in [0.15, 0.2) is 36.4 Å². The third-order valence-corrected chi connectivity index (χ3v) is 4.86. The highest BCUT2D eigenvalue weighted by molar-refractivity contribution is 5.83. The van der Waals surface area contributed by atoms with E-state index in [1.165, 1.54) is 21.1 Å². The Morgan fingerprint density at radius 1 is 0.929 bits per heavy atom. The van der Waals surface area contributed by atoms with Crippen LogP contribution in [0.4, 0.5) is 0 Å². The maximum absolute atomic E-state index is 11.7. The molecule has 148 valence electrons. The van der Waals surface area contributed by atoms with Gasteiger partial charge in [-0.2, -0.15) is 0 Å². The first-order chi connectivity index (χ1) is 13.5. The van der Waals surface area contributed by atoms with Crippen LogP contribution in [0.25, 0.3) is 11.1 Å². The van der Waals surface area contributed by atoms with Crippen molar-refractivity contribution in [2.45, 2.75) is 39.0 Å². The number of fused-ring (bicyclic) bond motifs is 5. The first-order valence-corrected chi connectivity index (χ1v) is 9.48. The minimum Gasteiger partial charge on any atom is -0.507 e. The highest BCUT2D eigenvalue weighted by atomic mass is 16.6. The second kappa shape index (κ2) is 8.83. The average molecular weight is 382 g/mol. The number of phenolic OH excluding ortho intramolecular Hbond substituents is 1. The standard InChI is InChI=1S/C23H26O5/c1-15(24)28-21-17-10-8-6-4-5-7-9-16-11-12-20(25)18(13-16)19(14-17)22(26-2)23(21)27-3/h4-5,11-14,25H,6-10H2,1-3H3/b5-4+. The van der Waals surface area contributed by atoms with Gasteiger partial charge in [-0.15, -0.1) is 0 Å². The van der Waals surface area contributed by atoms with Gasteiger partial charge in [0.2, 0.25) is 5.75 Å². The predicted molar refractivity (Wildman–Crippen MR) is 108 cm³/mol. The number of carbonyl (C=O) groups is 1. The monoisotopic (exact) mass is 382 g/mol. The van der Waals surface area contributed by atoms with Crippen molar-refractivity contribution in [3.8, 4) is 34.1 Å². The van der Waals surface area contributed by atoms with Crippen LogP contribution in [0.3, 0.4) is 0 Å². The van der Waals surface area contributed by atoms with Crippen molar-refractivity contribution in [3.05, 3.63) is 47.5 Å². The number of esters is 1. The molecule has 0 unspecified atom stereocenters. The molecule has 0 spiro atoms. The van der Waals surface area contributed by atoms with Crippen molar-refractivity contribution < 1.29 is 24.1 Å². The van der Waals surface area contributed by atoms with Gasteiger partial charge >= 0.3 is 5.97 Å². The third-order valence-electron chi connectivity index (χ3n) is 4.86. The van der Waals surface area contributed by atoms with Crippen LogP contribution >= 0.6 is 0 Å². The fraction of sp³-hybridized carbons (Fsp3) is 0.348. The van der Waals surface area contributed by atoms with E-state index >= 15 is 0 Å². The van der Waals surface area contributed by atoms with Gasteiger partial charge < -0.3 is 19.3 Å². The first kappa shape index (κ1) is 19.8. The molecule has 3 rings (SSSR count). The van der Waals surface area contributed by atoms with E-state index in [4.69, 9.17) is 14.2 Å². The summed E-state index contributed by atoms with van der Waals surface area (Å²) < 4.78 is 16.7. The molecule has 1 N–H and O–H groups in total. The summed E-state index contributed by atoms with van der Waals surface area (Å²) in [5.74, 6) is 0.922. The number of allylic oxidation sites excluding steroid dienone is 2. The number of phenols is 1. The molecule has 0 saturated heterocycles. The Balaban J connectivity index is 2.29. The van der Waals surface area contributed by atoms with Gasteiger partial charge in [0.05, 0.1) is 14.2 Å². The van der Waals surface area contributed by atoms with Gasteiger partial charge in [-0.25, -0.2) is 0 Å². The fourth-order valence-corrected chi connectivity index (χ4v) is 3.56. The number of aryl methyl sites for hydroxylation is 2. The normalized spacial score (nSPS) is 14.8. The van der Waals surface area contributed by atoms with E-state index in [2.05, 4.69) is 12.2 Å². The summed E-state index contributed by atoms with van der Waals surface area (Å²) in [5, 5.41) is 10.5.